The van der Waals surface area contributed by atoms with Gasteiger partial charge in [0.05, 0.1) is 0 Å². The lowest BCUT2D eigenvalue weighted by Crippen LogP contribution is -2.36. The Bertz CT molecular complexity index is 561. The molecule has 0 spiro atoms. The standard InChI is InChI=1S/2C6H13NO2.2C5H11NO2/c1-4(2)3-5(7)6(8)9;1-3-4(2)5(7)6(8)9;2*1-3(2)4(6)5(7)8/h2*4-5H,3,7H2,1-2H3,(H,8,9);2*3-4H,6H2,1-2H3,(H,7,8)/t5-;4-,5-;2*4-/m0000/s1. The zero-order valence-electron chi connectivity index (χ0n) is 21.8. The Morgan fingerprint density at radius 1 is 0.588 bits per heavy atom. The number of carbonyl (C=O) groups is 4. The van der Waals surface area contributed by atoms with Crippen molar-refractivity contribution in [2.24, 2.45) is 46.6 Å². The van der Waals surface area contributed by atoms with E-state index in [1.165, 1.54) is 0 Å². The van der Waals surface area contributed by atoms with E-state index >= 15 is 0 Å². The highest BCUT2D eigenvalue weighted by molar-refractivity contribution is 5.74. The third-order valence-electron chi connectivity index (χ3n) is 4.59. The van der Waals surface area contributed by atoms with E-state index in [0.29, 0.717) is 12.3 Å². The zero-order valence-corrected chi connectivity index (χ0v) is 21.8. The second-order valence-corrected chi connectivity index (χ2v) is 9.04. The molecule has 204 valence electrons. The van der Waals surface area contributed by atoms with Crippen molar-refractivity contribution in [3.8, 4) is 0 Å². The first kappa shape index (κ1) is 39.0. The SMILES string of the molecule is CC(C)C[C@H](N)C(=O)O.CC(C)[C@H](N)C(=O)O.CC(C)[C@H](N)C(=O)O.CC[C@H](C)[C@H](N)C(=O)O. The molecule has 0 bridgehead atoms. The summed E-state index contributed by atoms with van der Waals surface area (Å²) in [5.74, 6) is -3.22. The summed E-state index contributed by atoms with van der Waals surface area (Å²) in [5.41, 5.74) is 20.8. The normalized spacial score (nSPS) is 14.7. The van der Waals surface area contributed by atoms with Gasteiger partial charge in [-0.3, -0.25) is 19.2 Å². The Morgan fingerprint density at radius 3 is 0.941 bits per heavy atom. The van der Waals surface area contributed by atoms with Gasteiger partial charge in [-0.05, 0) is 30.1 Å². The number of rotatable bonds is 10. The molecular formula is C22H48N4O8. The maximum absolute atomic E-state index is 10.2. The lowest BCUT2D eigenvalue weighted by Gasteiger charge is -2.11. The van der Waals surface area contributed by atoms with E-state index in [9.17, 15) is 19.2 Å². The van der Waals surface area contributed by atoms with Crippen LogP contribution in [0.2, 0.25) is 0 Å². The molecule has 0 aliphatic heterocycles. The van der Waals surface area contributed by atoms with Crippen LogP contribution < -0.4 is 22.9 Å². The Labute approximate surface area is 203 Å². The lowest BCUT2D eigenvalue weighted by atomic mass is 10.0. The lowest BCUT2D eigenvalue weighted by molar-refractivity contribution is -0.140. The largest absolute Gasteiger partial charge is 0.480 e. The van der Waals surface area contributed by atoms with Crippen LogP contribution in [0, 0.1) is 23.7 Å². The van der Waals surface area contributed by atoms with E-state index in [4.69, 9.17) is 43.4 Å². The van der Waals surface area contributed by atoms with Gasteiger partial charge in [-0.2, -0.15) is 0 Å². The molecule has 0 unspecified atom stereocenters. The molecule has 0 aromatic heterocycles. The second-order valence-electron chi connectivity index (χ2n) is 9.04. The summed E-state index contributed by atoms with van der Waals surface area (Å²) < 4.78 is 0. The third-order valence-corrected chi connectivity index (χ3v) is 4.59. The average Bonchev–Trinajstić information content (AvgIpc) is 2.71. The third kappa shape index (κ3) is 24.4. The van der Waals surface area contributed by atoms with Crippen LogP contribution in [0.1, 0.15) is 68.2 Å². The number of carboxylic acid groups (broad SMARTS) is 4. The van der Waals surface area contributed by atoms with E-state index in [-0.39, 0.29) is 17.8 Å². The molecule has 12 nitrogen and oxygen atoms in total. The van der Waals surface area contributed by atoms with Crippen LogP contribution in [0.15, 0.2) is 0 Å². The summed E-state index contributed by atoms with van der Waals surface area (Å²) in [4.78, 5) is 40.3. The van der Waals surface area contributed by atoms with E-state index in [0.717, 1.165) is 6.42 Å². The maximum Gasteiger partial charge on any atom is 0.320 e. The van der Waals surface area contributed by atoms with E-state index in [1.54, 1.807) is 27.7 Å². The van der Waals surface area contributed by atoms with Gasteiger partial charge in [0.2, 0.25) is 0 Å². The first-order chi connectivity index (χ1) is 15.2. The van der Waals surface area contributed by atoms with Gasteiger partial charge in [-0.1, -0.05) is 61.8 Å². The van der Waals surface area contributed by atoms with Crippen molar-refractivity contribution in [2.75, 3.05) is 0 Å². The molecule has 0 aromatic rings. The van der Waals surface area contributed by atoms with Gasteiger partial charge in [0.25, 0.3) is 0 Å². The molecule has 5 atom stereocenters. The predicted molar refractivity (Wildman–Crippen MR) is 131 cm³/mol. The molecule has 0 aromatic carbocycles. The molecule has 0 fully saturated rings. The molecule has 0 rings (SSSR count). The van der Waals surface area contributed by atoms with E-state index in [1.807, 2.05) is 27.7 Å². The van der Waals surface area contributed by atoms with Gasteiger partial charge >= 0.3 is 23.9 Å². The monoisotopic (exact) mass is 496 g/mol. The van der Waals surface area contributed by atoms with Gasteiger partial charge in [0.15, 0.2) is 0 Å². The molecule has 0 amide bonds. The number of hydrogen-bond donors (Lipinski definition) is 8. The highest BCUT2D eigenvalue weighted by atomic mass is 16.4. The molecule has 0 heterocycles. The van der Waals surface area contributed by atoms with Gasteiger partial charge in [-0.15, -0.1) is 0 Å². The van der Waals surface area contributed by atoms with Crippen LogP contribution in [-0.4, -0.2) is 68.5 Å². The summed E-state index contributed by atoms with van der Waals surface area (Å²) in [6.45, 7) is 14.8. The van der Waals surface area contributed by atoms with Crippen molar-refractivity contribution in [1.29, 1.82) is 0 Å². The van der Waals surface area contributed by atoms with Crippen LogP contribution in [0.25, 0.3) is 0 Å². The zero-order chi connectivity index (χ0) is 28.3. The molecule has 0 aliphatic carbocycles. The van der Waals surface area contributed by atoms with Crippen LogP contribution in [0.4, 0.5) is 0 Å². The quantitative estimate of drug-likeness (QED) is 0.211. The molecular weight excluding hydrogens is 448 g/mol. The van der Waals surface area contributed by atoms with Crippen LogP contribution in [0.5, 0.6) is 0 Å². The first-order valence-corrected chi connectivity index (χ1v) is 11.2. The van der Waals surface area contributed by atoms with E-state index < -0.39 is 48.0 Å². The Balaban J connectivity index is -0.000000177. The number of nitrogens with two attached hydrogens (primary N) is 4. The second kappa shape index (κ2) is 21.3. The van der Waals surface area contributed by atoms with Crippen molar-refractivity contribution >= 4 is 23.9 Å². The number of aliphatic carboxylic acids is 4. The topological polar surface area (TPSA) is 253 Å². The van der Waals surface area contributed by atoms with Crippen molar-refractivity contribution in [1.82, 2.24) is 0 Å². The minimum absolute atomic E-state index is 0.0208. The van der Waals surface area contributed by atoms with Crippen LogP contribution in [-0.2, 0) is 19.2 Å². The molecule has 0 saturated carbocycles. The average molecular weight is 497 g/mol. The van der Waals surface area contributed by atoms with Crippen molar-refractivity contribution in [3.05, 3.63) is 0 Å². The van der Waals surface area contributed by atoms with Crippen molar-refractivity contribution in [2.45, 2.75) is 92.4 Å². The van der Waals surface area contributed by atoms with Crippen molar-refractivity contribution in [3.63, 3.8) is 0 Å². The number of hydrogen-bond acceptors (Lipinski definition) is 8. The van der Waals surface area contributed by atoms with Crippen LogP contribution in [0.3, 0.4) is 0 Å². The molecule has 0 aliphatic rings. The predicted octanol–water partition coefficient (Wildman–Crippen LogP) is 0.997. The molecule has 12 N–H and O–H groups in total. The van der Waals surface area contributed by atoms with Gasteiger partial charge in [-0.25, -0.2) is 0 Å². The molecule has 0 radical (unpaired) electrons. The van der Waals surface area contributed by atoms with Crippen molar-refractivity contribution < 1.29 is 39.6 Å². The van der Waals surface area contributed by atoms with Crippen LogP contribution >= 0.6 is 0 Å². The summed E-state index contributed by atoms with van der Waals surface area (Å²) in [7, 11) is 0. The fourth-order valence-corrected chi connectivity index (χ4v) is 1.68. The minimum Gasteiger partial charge on any atom is -0.480 e. The first-order valence-electron chi connectivity index (χ1n) is 11.2. The minimum atomic E-state index is -0.931. The Kier molecular flexibility index (Phi) is 24.4. The Morgan fingerprint density at radius 2 is 0.882 bits per heavy atom. The smallest absolute Gasteiger partial charge is 0.320 e. The fourth-order valence-electron chi connectivity index (χ4n) is 1.68. The maximum atomic E-state index is 10.2. The molecule has 12 heteroatoms. The van der Waals surface area contributed by atoms with Gasteiger partial charge < -0.3 is 43.4 Å². The summed E-state index contributed by atoms with van der Waals surface area (Å²) >= 11 is 0. The van der Waals surface area contributed by atoms with E-state index in [2.05, 4.69) is 0 Å². The summed E-state index contributed by atoms with van der Waals surface area (Å²) in [6, 6.07) is -2.81. The van der Waals surface area contributed by atoms with Gasteiger partial charge in [0.1, 0.15) is 24.2 Å². The fraction of sp³-hybridized carbons (Fsp3) is 0.818. The highest BCUT2D eigenvalue weighted by Gasteiger charge is 2.17. The summed E-state index contributed by atoms with van der Waals surface area (Å²) in [5, 5.41) is 33.1. The molecule has 0 saturated heterocycles. The molecule has 34 heavy (non-hydrogen) atoms. The summed E-state index contributed by atoms with van der Waals surface area (Å²) in [6.07, 6.45) is 1.36. The van der Waals surface area contributed by atoms with Gasteiger partial charge in [0, 0.05) is 0 Å². The highest BCUT2D eigenvalue weighted by Crippen LogP contribution is 2.04. The number of carboxylic acids is 4. The Hall–Kier alpha value is -2.28.